The van der Waals surface area contributed by atoms with Crippen LogP contribution in [0.5, 0.6) is 0 Å². The van der Waals surface area contributed by atoms with E-state index in [2.05, 4.69) is 16.3 Å². The number of halogens is 1. The summed E-state index contributed by atoms with van der Waals surface area (Å²) in [5, 5.41) is 16.6. The fraction of sp³-hybridized carbons (Fsp3) is 0.182. The predicted octanol–water partition coefficient (Wildman–Crippen LogP) is 2.41. The van der Waals surface area contributed by atoms with Gasteiger partial charge in [-0.3, -0.25) is 4.57 Å². The highest BCUT2D eigenvalue weighted by molar-refractivity contribution is 8.00. The number of benzene rings is 1. The van der Waals surface area contributed by atoms with E-state index in [1.807, 2.05) is 0 Å². The van der Waals surface area contributed by atoms with Crippen molar-refractivity contribution in [2.45, 2.75) is 17.3 Å². The summed E-state index contributed by atoms with van der Waals surface area (Å²) in [7, 11) is 0. The molecular formula is C11H9FN4S. The third-order valence-electron chi connectivity index (χ3n) is 2.09. The molecule has 1 aromatic heterocycles. The summed E-state index contributed by atoms with van der Waals surface area (Å²) in [6, 6.07) is 8.45. The Morgan fingerprint density at radius 1 is 1.47 bits per heavy atom. The normalized spacial score (nSPS) is 12.1. The molecule has 0 N–H and O–H groups in total. The minimum absolute atomic E-state index is 0.260. The van der Waals surface area contributed by atoms with Gasteiger partial charge in [0.25, 0.3) is 0 Å². The van der Waals surface area contributed by atoms with Crippen LogP contribution in [0.1, 0.15) is 6.92 Å². The van der Waals surface area contributed by atoms with Crippen LogP contribution in [0.25, 0.3) is 5.69 Å². The largest absolute Gasteiger partial charge is 0.274 e. The van der Waals surface area contributed by atoms with Gasteiger partial charge in [0.05, 0.1) is 17.0 Å². The molecule has 1 heterocycles. The molecule has 0 amide bonds. The monoisotopic (exact) mass is 248 g/mol. The van der Waals surface area contributed by atoms with Gasteiger partial charge in [0, 0.05) is 0 Å². The Kier molecular flexibility index (Phi) is 3.40. The second kappa shape index (κ2) is 4.97. The number of thioether (sulfide) groups is 1. The first-order chi connectivity index (χ1) is 8.22. The molecule has 0 bridgehead atoms. The van der Waals surface area contributed by atoms with Crippen LogP contribution in [-0.4, -0.2) is 20.0 Å². The van der Waals surface area contributed by atoms with Crippen molar-refractivity contribution in [1.29, 1.82) is 5.26 Å². The highest BCUT2D eigenvalue weighted by Crippen LogP contribution is 2.24. The molecule has 17 heavy (non-hydrogen) atoms. The van der Waals surface area contributed by atoms with E-state index in [9.17, 15) is 4.39 Å². The van der Waals surface area contributed by atoms with Crippen LogP contribution in [0.4, 0.5) is 4.39 Å². The number of nitriles is 1. The molecule has 1 unspecified atom stereocenters. The average Bonchev–Trinajstić information content (AvgIpc) is 2.77. The molecule has 0 aliphatic carbocycles. The first-order valence-electron chi connectivity index (χ1n) is 4.93. The molecule has 2 aromatic rings. The Balaban J connectivity index is 2.38. The van der Waals surface area contributed by atoms with Crippen molar-refractivity contribution in [1.82, 2.24) is 14.8 Å². The molecule has 0 aliphatic heterocycles. The van der Waals surface area contributed by atoms with Crippen LogP contribution in [0, 0.1) is 17.1 Å². The fourth-order valence-electron chi connectivity index (χ4n) is 1.30. The quantitative estimate of drug-likeness (QED) is 0.783. The van der Waals surface area contributed by atoms with E-state index in [0.717, 1.165) is 0 Å². The average molecular weight is 248 g/mol. The number of para-hydroxylation sites is 1. The molecule has 0 aliphatic rings. The van der Waals surface area contributed by atoms with Crippen molar-refractivity contribution in [3.05, 3.63) is 36.4 Å². The highest BCUT2D eigenvalue weighted by Gasteiger charge is 2.13. The zero-order chi connectivity index (χ0) is 12.3. The van der Waals surface area contributed by atoms with E-state index >= 15 is 0 Å². The van der Waals surface area contributed by atoms with Gasteiger partial charge in [-0.05, 0) is 19.1 Å². The Morgan fingerprint density at radius 3 is 2.94 bits per heavy atom. The van der Waals surface area contributed by atoms with Crippen molar-refractivity contribution in [3.63, 3.8) is 0 Å². The van der Waals surface area contributed by atoms with Gasteiger partial charge in [0.2, 0.25) is 0 Å². The minimum Gasteiger partial charge on any atom is -0.274 e. The summed E-state index contributed by atoms with van der Waals surface area (Å²) >= 11 is 1.24. The van der Waals surface area contributed by atoms with Crippen molar-refractivity contribution >= 4 is 11.8 Å². The SMILES string of the molecule is CC(C#N)Sc1nncn1-c1ccccc1F. The Bertz CT molecular complexity index is 561. The van der Waals surface area contributed by atoms with Gasteiger partial charge in [-0.2, -0.15) is 5.26 Å². The highest BCUT2D eigenvalue weighted by atomic mass is 32.2. The predicted molar refractivity (Wildman–Crippen MR) is 62.2 cm³/mol. The maximum Gasteiger partial charge on any atom is 0.196 e. The fourth-order valence-corrected chi connectivity index (χ4v) is 2.02. The molecule has 4 nitrogen and oxygen atoms in total. The lowest BCUT2D eigenvalue weighted by Crippen LogP contribution is -2.00. The lowest BCUT2D eigenvalue weighted by atomic mass is 10.3. The first-order valence-corrected chi connectivity index (χ1v) is 5.81. The first kappa shape index (κ1) is 11.6. The Labute approximate surface area is 102 Å². The molecule has 0 radical (unpaired) electrons. The van der Waals surface area contributed by atoms with E-state index in [4.69, 9.17) is 5.26 Å². The van der Waals surface area contributed by atoms with Crippen molar-refractivity contribution in [3.8, 4) is 11.8 Å². The van der Waals surface area contributed by atoms with Crippen LogP contribution in [-0.2, 0) is 0 Å². The van der Waals surface area contributed by atoms with E-state index in [1.165, 1.54) is 28.7 Å². The number of rotatable bonds is 3. The van der Waals surface area contributed by atoms with Crippen LogP contribution < -0.4 is 0 Å². The van der Waals surface area contributed by atoms with E-state index in [0.29, 0.717) is 10.8 Å². The number of hydrogen-bond acceptors (Lipinski definition) is 4. The molecule has 1 atom stereocenters. The van der Waals surface area contributed by atoms with Crippen LogP contribution >= 0.6 is 11.8 Å². The number of hydrogen-bond donors (Lipinski definition) is 0. The van der Waals surface area contributed by atoms with Gasteiger partial charge >= 0.3 is 0 Å². The van der Waals surface area contributed by atoms with Gasteiger partial charge < -0.3 is 0 Å². The second-order valence-corrected chi connectivity index (χ2v) is 4.63. The van der Waals surface area contributed by atoms with Crippen molar-refractivity contribution < 1.29 is 4.39 Å². The summed E-state index contributed by atoms with van der Waals surface area (Å²) in [5.74, 6) is -0.348. The zero-order valence-corrected chi connectivity index (χ0v) is 9.86. The van der Waals surface area contributed by atoms with Gasteiger partial charge in [-0.15, -0.1) is 10.2 Å². The van der Waals surface area contributed by atoms with Gasteiger partial charge in [0.1, 0.15) is 12.1 Å². The van der Waals surface area contributed by atoms with E-state index in [-0.39, 0.29) is 11.1 Å². The molecule has 0 saturated carbocycles. The van der Waals surface area contributed by atoms with E-state index < -0.39 is 0 Å². The lowest BCUT2D eigenvalue weighted by molar-refractivity contribution is 0.613. The summed E-state index contributed by atoms with van der Waals surface area (Å²) < 4.78 is 15.1. The summed E-state index contributed by atoms with van der Waals surface area (Å²) in [4.78, 5) is 0. The van der Waals surface area contributed by atoms with Crippen molar-refractivity contribution in [2.75, 3.05) is 0 Å². The maximum absolute atomic E-state index is 13.6. The topological polar surface area (TPSA) is 54.5 Å². The third kappa shape index (κ3) is 2.45. The number of aromatic nitrogens is 3. The Morgan fingerprint density at radius 2 is 2.24 bits per heavy atom. The molecule has 2 rings (SSSR count). The zero-order valence-electron chi connectivity index (χ0n) is 9.04. The lowest BCUT2D eigenvalue weighted by Gasteiger charge is -2.07. The van der Waals surface area contributed by atoms with Crippen LogP contribution in [0.2, 0.25) is 0 Å². The second-order valence-electron chi connectivity index (χ2n) is 3.32. The smallest absolute Gasteiger partial charge is 0.196 e. The third-order valence-corrected chi connectivity index (χ3v) is 3.04. The van der Waals surface area contributed by atoms with Gasteiger partial charge in [-0.25, -0.2) is 4.39 Å². The summed E-state index contributed by atoms with van der Waals surface area (Å²) in [6.07, 6.45) is 1.44. The van der Waals surface area contributed by atoms with Crippen molar-refractivity contribution in [2.24, 2.45) is 0 Å². The molecular weight excluding hydrogens is 239 g/mol. The Hall–Kier alpha value is -1.87. The molecule has 6 heteroatoms. The minimum atomic E-state index is -0.348. The molecule has 86 valence electrons. The summed E-state index contributed by atoms with van der Waals surface area (Å²) in [5.41, 5.74) is 0.380. The van der Waals surface area contributed by atoms with Gasteiger partial charge in [-0.1, -0.05) is 23.9 Å². The van der Waals surface area contributed by atoms with Crippen LogP contribution in [0.15, 0.2) is 35.7 Å². The molecule has 0 fully saturated rings. The number of nitrogens with zero attached hydrogens (tertiary/aromatic N) is 4. The maximum atomic E-state index is 13.6. The molecule has 0 saturated heterocycles. The summed E-state index contributed by atoms with van der Waals surface area (Å²) in [6.45, 7) is 1.75. The van der Waals surface area contributed by atoms with Gasteiger partial charge in [0.15, 0.2) is 5.16 Å². The standard InChI is InChI=1S/C11H9FN4S/c1-8(6-13)17-11-15-14-7-16(11)10-5-3-2-4-9(10)12/h2-5,7-8H,1H3. The van der Waals surface area contributed by atoms with Crippen LogP contribution in [0.3, 0.4) is 0 Å². The van der Waals surface area contributed by atoms with E-state index in [1.54, 1.807) is 25.1 Å². The molecule has 1 aromatic carbocycles. The molecule has 0 spiro atoms.